The van der Waals surface area contributed by atoms with E-state index < -0.39 is 10.5 Å². The van der Waals surface area contributed by atoms with Crippen molar-refractivity contribution in [2.45, 2.75) is 33.2 Å². The molecule has 0 saturated carbocycles. The molecule has 0 fully saturated rings. The first-order valence-corrected chi connectivity index (χ1v) is 6.69. The molecule has 1 aromatic heterocycles. The number of nitrogens with one attached hydrogen (secondary N) is 1. The lowest BCUT2D eigenvalue weighted by Gasteiger charge is -2.19. The van der Waals surface area contributed by atoms with Crippen molar-refractivity contribution >= 4 is 11.6 Å². The van der Waals surface area contributed by atoms with E-state index in [1.165, 1.54) is 16.8 Å². The lowest BCUT2D eigenvalue weighted by atomic mass is 10.1. The predicted molar refractivity (Wildman–Crippen MR) is 80.0 cm³/mol. The maximum atomic E-state index is 12.2. The molecule has 0 atom stereocenters. The van der Waals surface area contributed by atoms with Crippen LogP contribution in [0.5, 0.6) is 0 Å². The summed E-state index contributed by atoms with van der Waals surface area (Å²) < 4.78 is 1.41. The SMILES string of the molecule is Cc1c(C(=O)NC(C)(C)C)nnn1-c1cccc([N+](=O)[O-])c1. The van der Waals surface area contributed by atoms with E-state index in [2.05, 4.69) is 15.6 Å². The number of amides is 1. The number of rotatable bonds is 3. The summed E-state index contributed by atoms with van der Waals surface area (Å²) in [6, 6.07) is 6.00. The molecule has 1 amide bonds. The van der Waals surface area contributed by atoms with Crippen LogP contribution in [-0.2, 0) is 0 Å². The van der Waals surface area contributed by atoms with Crippen LogP contribution in [0.4, 0.5) is 5.69 Å². The molecule has 0 aliphatic rings. The van der Waals surface area contributed by atoms with Gasteiger partial charge in [0.05, 0.1) is 16.3 Å². The normalized spacial score (nSPS) is 11.3. The highest BCUT2D eigenvalue weighted by Crippen LogP contribution is 2.18. The minimum atomic E-state index is -0.483. The van der Waals surface area contributed by atoms with Crippen LogP contribution >= 0.6 is 0 Å². The first-order valence-electron chi connectivity index (χ1n) is 6.69. The Morgan fingerprint density at radius 1 is 1.36 bits per heavy atom. The second kappa shape index (κ2) is 5.55. The Hall–Kier alpha value is -2.77. The number of nitrogens with zero attached hydrogens (tertiary/aromatic N) is 4. The number of nitro groups is 1. The third kappa shape index (κ3) is 3.27. The molecule has 0 aliphatic carbocycles. The number of benzene rings is 1. The van der Waals surface area contributed by atoms with Gasteiger partial charge in [0, 0.05) is 17.7 Å². The number of carbonyl (C=O) groups is 1. The Labute approximate surface area is 127 Å². The Bertz CT molecular complexity index is 730. The van der Waals surface area contributed by atoms with E-state index in [0.29, 0.717) is 11.4 Å². The summed E-state index contributed by atoms with van der Waals surface area (Å²) in [6.45, 7) is 7.29. The summed E-state index contributed by atoms with van der Waals surface area (Å²) in [7, 11) is 0. The summed E-state index contributed by atoms with van der Waals surface area (Å²) in [4.78, 5) is 22.5. The van der Waals surface area contributed by atoms with E-state index in [1.54, 1.807) is 19.1 Å². The Kier molecular flexibility index (Phi) is 3.94. The van der Waals surface area contributed by atoms with Crippen molar-refractivity contribution in [1.82, 2.24) is 20.3 Å². The van der Waals surface area contributed by atoms with Gasteiger partial charge in [0.25, 0.3) is 11.6 Å². The molecule has 8 nitrogen and oxygen atoms in total. The van der Waals surface area contributed by atoms with Crippen LogP contribution < -0.4 is 5.32 Å². The average Bonchev–Trinajstić information content (AvgIpc) is 2.79. The minimum Gasteiger partial charge on any atom is -0.346 e. The maximum absolute atomic E-state index is 12.2. The standard InChI is InChI=1S/C14H17N5O3/c1-9-12(13(20)15-14(2,3)4)16-17-18(9)10-6-5-7-11(8-10)19(21)22/h5-8H,1-4H3,(H,15,20). The number of hydrogen-bond donors (Lipinski definition) is 1. The minimum absolute atomic E-state index is 0.0481. The van der Waals surface area contributed by atoms with Gasteiger partial charge >= 0.3 is 0 Å². The summed E-state index contributed by atoms with van der Waals surface area (Å²) >= 11 is 0. The zero-order valence-electron chi connectivity index (χ0n) is 12.8. The quantitative estimate of drug-likeness (QED) is 0.690. The van der Waals surface area contributed by atoms with E-state index in [1.807, 2.05) is 20.8 Å². The Morgan fingerprint density at radius 3 is 2.64 bits per heavy atom. The van der Waals surface area contributed by atoms with Crippen molar-refractivity contribution in [1.29, 1.82) is 0 Å². The van der Waals surface area contributed by atoms with Crippen molar-refractivity contribution in [3.8, 4) is 5.69 Å². The molecule has 0 unspecified atom stereocenters. The molecule has 22 heavy (non-hydrogen) atoms. The Morgan fingerprint density at radius 2 is 2.05 bits per heavy atom. The van der Waals surface area contributed by atoms with Crippen molar-refractivity contribution < 1.29 is 9.72 Å². The molecular formula is C14H17N5O3. The molecule has 1 heterocycles. The van der Waals surface area contributed by atoms with Crippen LogP contribution in [0.2, 0.25) is 0 Å². The maximum Gasteiger partial charge on any atom is 0.274 e. The molecule has 2 rings (SSSR count). The molecule has 0 saturated heterocycles. The van der Waals surface area contributed by atoms with Gasteiger partial charge in [0.15, 0.2) is 5.69 Å². The van der Waals surface area contributed by atoms with Gasteiger partial charge in [-0.05, 0) is 33.8 Å². The van der Waals surface area contributed by atoms with E-state index in [-0.39, 0.29) is 17.3 Å². The van der Waals surface area contributed by atoms with Crippen LogP contribution in [0.3, 0.4) is 0 Å². The fraction of sp³-hybridized carbons (Fsp3) is 0.357. The fourth-order valence-corrected chi connectivity index (χ4v) is 1.92. The number of carbonyl (C=O) groups excluding carboxylic acids is 1. The van der Waals surface area contributed by atoms with E-state index >= 15 is 0 Å². The summed E-state index contributed by atoms with van der Waals surface area (Å²) in [5, 5.41) is 21.4. The molecule has 0 aliphatic heterocycles. The van der Waals surface area contributed by atoms with Gasteiger partial charge < -0.3 is 5.32 Å². The van der Waals surface area contributed by atoms with Crippen molar-refractivity contribution in [2.75, 3.05) is 0 Å². The lowest BCUT2D eigenvalue weighted by Crippen LogP contribution is -2.41. The van der Waals surface area contributed by atoms with Crippen molar-refractivity contribution in [3.63, 3.8) is 0 Å². The van der Waals surface area contributed by atoms with Crippen LogP contribution in [0.25, 0.3) is 5.69 Å². The third-order valence-electron chi connectivity index (χ3n) is 2.88. The molecule has 0 bridgehead atoms. The molecule has 116 valence electrons. The third-order valence-corrected chi connectivity index (χ3v) is 2.88. The van der Waals surface area contributed by atoms with Crippen molar-refractivity contribution in [2.24, 2.45) is 0 Å². The molecule has 0 radical (unpaired) electrons. The zero-order valence-corrected chi connectivity index (χ0v) is 12.8. The van der Waals surface area contributed by atoms with E-state index in [9.17, 15) is 14.9 Å². The van der Waals surface area contributed by atoms with E-state index in [0.717, 1.165) is 0 Å². The Balaban J connectivity index is 2.37. The second-order valence-electron chi connectivity index (χ2n) is 5.92. The van der Waals surface area contributed by atoms with Gasteiger partial charge in [-0.25, -0.2) is 4.68 Å². The lowest BCUT2D eigenvalue weighted by molar-refractivity contribution is -0.384. The molecule has 2 aromatic rings. The number of non-ortho nitro benzene ring substituents is 1. The highest BCUT2D eigenvalue weighted by atomic mass is 16.6. The molecule has 8 heteroatoms. The fourth-order valence-electron chi connectivity index (χ4n) is 1.92. The molecule has 1 N–H and O–H groups in total. The zero-order chi connectivity index (χ0) is 16.5. The first kappa shape index (κ1) is 15.6. The summed E-state index contributed by atoms with van der Waals surface area (Å²) in [5.41, 5.74) is 0.754. The van der Waals surface area contributed by atoms with Crippen LogP contribution in [-0.4, -0.2) is 31.4 Å². The van der Waals surface area contributed by atoms with Crippen LogP contribution in [0, 0.1) is 17.0 Å². The largest absolute Gasteiger partial charge is 0.346 e. The molecule has 1 aromatic carbocycles. The smallest absolute Gasteiger partial charge is 0.274 e. The molecular weight excluding hydrogens is 286 g/mol. The highest BCUT2D eigenvalue weighted by molar-refractivity contribution is 5.93. The monoisotopic (exact) mass is 303 g/mol. The van der Waals surface area contributed by atoms with Crippen molar-refractivity contribution in [3.05, 3.63) is 45.8 Å². The van der Waals surface area contributed by atoms with Crippen LogP contribution in [0.15, 0.2) is 24.3 Å². The summed E-state index contributed by atoms with van der Waals surface area (Å²) in [5.74, 6) is -0.332. The first-order chi connectivity index (χ1) is 10.2. The second-order valence-corrected chi connectivity index (χ2v) is 5.92. The molecule has 0 spiro atoms. The average molecular weight is 303 g/mol. The summed E-state index contributed by atoms with van der Waals surface area (Å²) in [6.07, 6.45) is 0. The topological polar surface area (TPSA) is 103 Å². The van der Waals surface area contributed by atoms with Gasteiger partial charge in [0.1, 0.15) is 0 Å². The highest BCUT2D eigenvalue weighted by Gasteiger charge is 2.22. The van der Waals surface area contributed by atoms with Gasteiger partial charge in [-0.2, -0.15) is 0 Å². The van der Waals surface area contributed by atoms with Gasteiger partial charge in [-0.15, -0.1) is 5.10 Å². The number of hydrogen-bond acceptors (Lipinski definition) is 5. The van der Waals surface area contributed by atoms with Gasteiger partial charge in [0.2, 0.25) is 0 Å². The predicted octanol–water partition coefficient (Wildman–Crippen LogP) is 2.01. The number of aromatic nitrogens is 3. The number of nitro benzene ring substituents is 1. The van der Waals surface area contributed by atoms with E-state index in [4.69, 9.17) is 0 Å². The van der Waals surface area contributed by atoms with Crippen LogP contribution in [0.1, 0.15) is 37.0 Å². The van der Waals surface area contributed by atoms with Gasteiger partial charge in [-0.1, -0.05) is 11.3 Å². The van der Waals surface area contributed by atoms with Gasteiger partial charge in [-0.3, -0.25) is 14.9 Å².